The van der Waals surface area contributed by atoms with Crippen LogP contribution in [0.25, 0.3) is 0 Å². The molecule has 1 aromatic heterocycles. The first-order valence-corrected chi connectivity index (χ1v) is 12.4. The lowest BCUT2D eigenvalue weighted by Crippen LogP contribution is -2.37. The van der Waals surface area contributed by atoms with Crippen molar-refractivity contribution in [3.05, 3.63) is 31.6 Å². The maximum atomic E-state index is 12.2. The molecule has 0 amide bonds. The summed E-state index contributed by atoms with van der Waals surface area (Å²) in [6.07, 6.45) is -5.18. The lowest BCUT2D eigenvalue weighted by Gasteiger charge is -2.19. The standard InChI is InChI=1S/C15H25ClN2O7Si/c1-26(2,3)5-4-24-7-18-13(16)9(14(22)17-15(18)23)12-11(21)10(20)8(6-19)25-12/h8,10-12,19-21H,4-7H2,1-3H3,(H,17,22,23)/t8-,10+,11+,12+/m1/s1. The summed E-state index contributed by atoms with van der Waals surface area (Å²) in [4.78, 5) is 26.3. The summed E-state index contributed by atoms with van der Waals surface area (Å²) in [5.41, 5.74) is -1.76. The smallest absolute Gasteiger partial charge is 0.331 e. The minimum Gasteiger partial charge on any atom is -0.394 e. The average molecular weight is 409 g/mol. The molecule has 1 aromatic rings. The van der Waals surface area contributed by atoms with Crippen molar-refractivity contribution < 1.29 is 24.8 Å². The summed E-state index contributed by atoms with van der Waals surface area (Å²) in [6, 6.07) is 0.893. The predicted octanol–water partition coefficient (Wildman–Crippen LogP) is -0.344. The molecular formula is C15H25ClN2O7Si. The van der Waals surface area contributed by atoms with Crippen molar-refractivity contribution in [2.45, 2.75) is 56.8 Å². The Kier molecular flexibility index (Phi) is 6.83. The van der Waals surface area contributed by atoms with E-state index in [4.69, 9.17) is 21.1 Å². The molecule has 0 spiro atoms. The Balaban J connectivity index is 2.26. The SMILES string of the molecule is C[Si](C)(C)CCOCn1c(Cl)c([C@@H]2O[C@H](CO)[C@H](O)[C@@H]2O)c(=O)[nH]c1=O. The van der Waals surface area contributed by atoms with Gasteiger partial charge in [0, 0.05) is 14.7 Å². The highest BCUT2D eigenvalue weighted by atomic mass is 35.5. The van der Waals surface area contributed by atoms with E-state index in [9.17, 15) is 24.9 Å². The van der Waals surface area contributed by atoms with Gasteiger partial charge >= 0.3 is 5.69 Å². The third-order valence-corrected chi connectivity index (χ3v) is 6.32. The number of aromatic amines is 1. The second-order valence-corrected chi connectivity index (χ2v) is 13.5. The summed E-state index contributed by atoms with van der Waals surface area (Å²) < 4.78 is 11.9. The fraction of sp³-hybridized carbons (Fsp3) is 0.733. The summed E-state index contributed by atoms with van der Waals surface area (Å²) in [5.74, 6) is 0. The van der Waals surface area contributed by atoms with Gasteiger partial charge in [-0.2, -0.15) is 0 Å². The number of ether oxygens (including phenoxy) is 2. The monoisotopic (exact) mass is 408 g/mol. The first-order valence-electron chi connectivity index (χ1n) is 8.29. The lowest BCUT2D eigenvalue weighted by atomic mass is 10.0. The molecular weight excluding hydrogens is 384 g/mol. The Labute approximate surface area is 156 Å². The first kappa shape index (κ1) is 21.3. The molecule has 4 N–H and O–H groups in total. The Hall–Kier alpha value is -1.01. The van der Waals surface area contributed by atoms with Crippen molar-refractivity contribution in [1.82, 2.24) is 9.55 Å². The Morgan fingerprint density at radius 1 is 1.27 bits per heavy atom. The number of nitrogens with one attached hydrogen (secondary N) is 1. The second kappa shape index (κ2) is 8.34. The van der Waals surface area contributed by atoms with E-state index in [2.05, 4.69) is 24.6 Å². The van der Waals surface area contributed by atoms with Gasteiger partial charge in [-0.3, -0.25) is 14.3 Å². The molecule has 4 atom stereocenters. The quantitative estimate of drug-likeness (QED) is 0.275. The van der Waals surface area contributed by atoms with Crippen LogP contribution in [0.1, 0.15) is 11.7 Å². The van der Waals surface area contributed by atoms with Crippen molar-refractivity contribution in [2.75, 3.05) is 13.2 Å². The van der Waals surface area contributed by atoms with E-state index >= 15 is 0 Å². The molecule has 1 aliphatic rings. The molecule has 0 aromatic carbocycles. The number of hydrogen-bond donors (Lipinski definition) is 4. The van der Waals surface area contributed by atoms with E-state index in [0.29, 0.717) is 6.61 Å². The highest BCUT2D eigenvalue weighted by Gasteiger charge is 2.45. The molecule has 9 nitrogen and oxygen atoms in total. The van der Waals surface area contributed by atoms with Crippen molar-refractivity contribution in [3.63, 3.8) is 0 Å². The van der Waals surface area contributed by atoms with E-state index < -0.39 is 50.3 Å². The molecule has 1 aliphatic heterocycles. The maximum absolute atomic E-state index is 12.2. The second-order valence-electron chi connectivity index (χ2n) is 7.50. The number of nitrogens with zero attached hydrogens (tertiary/aromatic N) is 1. The number of aliphatic hydroxyl groups is 3. The van der Waals surface area contributed by atoms with Crippen LogP contribution in [0.15, 0.2) is 9.59 Å². The van der Waals surface area contributed by atoms with E-state index in [1.54, 1.807) is 0 Å². The number of aliphatic hydroxyl groups excluding tert-OH is 3. The number of H-pyrrole nitrogens is 1. The molecule has 0 saturated carbocycles. The van der Waals surface area contributed by atoms with Gasteiger partial charge in [-0.15, -0.1) is 0 Å². The molecule has 2 rings (SSSR count). The van der Waals surface area contributed by atoms with Crippen molar-refractivity contribution in [1.29, 1.82) is 0 Å². The van der Waals surface area contributed by atoms with Crippen LogP contribution < -0.4 is 11.2 Å². The molecule has 148 valence electrons. The van der Waals surface area contributed by atoms with Crippen LogP contribution in [-0.2, 0) is 16.2 Å². The van der Waals surface area contributed by atoms with Gasteiger partial charge < -0.3 is 24.8 Å². The van der Waals surface area contributed by atoms with Crippen LogP contribution in [-0.4, -0.2) is 64.5 Å². The van der Waals surface area contributed by atoms with Crippen molar-refractivity contribution in [3.8, 4) is 0 Å². The van der Waals surface area contributed by atoms with Crippen LogP contribution in [0, 0.1) is 0 Å². The van der Waals surface area contributed by atoms with Crippen molar-refractivity contribution in [2.24, 2.45) is 0 Å². The van der Waals surface area contributed by atoms with Gasteiger partial charge in [0.05, 0.1) is 12.2 Å². The minimum atomic E-state index is -1.47. The number of halogens is 1. The van der Waals surface area contributed by atoms with E-state index in [0.717, 1.165) is 10.6 Å². The van der Waals surface area contributed by atoms with Gasteiger partial charge in [-0.05, 0) is 6.04 Å². The molecule has 1 saturated heterocycles. The van der Waals surface area contributed by atoms with Crippen LogP contribution in [0.5, 0.6) is 0 Å². The largest absolute Gasteiger partial charge is 0.394 e. The summed E-state index contributed by atoms with van der Waals surface area (Å²) >= 11 is 6.21. The van der Waals surface area contributed by atoms with Crippen LogP contribution in [0.4, 0.5) is 0 Å². The normalized spacial score (nSPS) is 26.4. The Morgan fingerprint density at radius 3 is 2.46 bits per heavy atom. The fourth-order valence-electron chi connectivity index (χ4n) is 2.59. The minimum absolute atomic E-state index is 0.166. The first-order chi connectivity index (χ1) is 12.1. The highest BCUT2D eigenvalue weighted by molar-refractivity contribution is 6.76. The molecule has 1 fully saturated rings. The maximum Gasteiger partial charge on any atom is 0.331 e. The van der Waals surface area contributed by atoms with Crippen LogP contribution in [0.3, 0.4) is 0 Å². The van der Waals surface area contributed by atoms with Gasteiger partial charge in [0.2, 0.25) is 0 Å². The molecule has 0 bridgehead atoms. The Bertz CT molecular complexity index is 745. The van der Waals surface area contributed by atoms with Gasteiger partial charge in [0.25, 0.3) is 5.56 Å². The number of aromatic nitrogens is 2. The number of rotatable bonds is 7. The third-order valence-electron chi connectivity index (χ3n) is 4.21. The van der Waals surface area contributed by atoms with Crippen LogP contribution >= 0.6 is 11.6 Å². The van der Waals surface area contributed by atoms with Gasteiger partial charge in [0.15, 0.2) is 0 Å². The molecule has 11 heteroatoms. The zero-order chi connectivity index (χ0) is 19.6. The summed E-state index contributed by atoms with van der Waals surface area (Å²) in [6.45, 7) is 6.31. The Morgan fingerprint density at radius 2 is 1.92 bits per heavy atom. The third kappa shape index (κ3) is 4.63. The van der Waals surface area contributed by atoms with E-state index in [1.807, 2.05) is 0 Å². The molecule has 26 heavy (non-hydrogen) atoms. The topological polar surface area (TPSA) is 134 Å². The average Bonchev–Trinajstić information content (AvgIpc) is 2.81. The van der Waals surface area contributed by atoms with Gasteiger partial charge in [0.1, 0.15) is 36.3 Å². The van der Waals surface area contributed by atoms with Crippen LogP contribution in [0.2, 0.25) is 30.8 Å². The zero-order valence-corrected chi connectivity index (χ0v) is 16.7. The fourth-order valence-corrected chi connectivity index (χ4v) is 3.67. The molecule has 0 aliphatic carbocycles. The summed E-state index contributed by atoms with van der Waals surface area (Å²) in [7, 11) is -1.30. The summed E-state index contributed by atoms with van der Waals surface area (Å²) in [5, 5.41) is 28.9. The van der Waals surface area contributed by atoms with E-state index in [1.165, 1.54) is 0 Å². The van der Waals surface area contributed by atoms with Crippen molar-refractivity contribution >= 4 is 19.7 Å². The number of hydrogen-bond acceptors (Lipinski definition) is 7. The molecule has 0 radical (unpaired) electrons. The zero-order valence-electron chi connectivity index (χ0n) is 14.9. The van der Waals surface area contributed by atoms with E-state index in [-0.39, 0.29) is 17.4 Å². The van der Waals surface area contributed by atoms with Gasteiger partial charge in [-0.1, -0.05) is 31.2 Å². The van der Waals surface area contributed by atoms with Gasteiger partial charge in [-0.25, -0.2) is 4.79 Å². The lowest BCUT2D eigenvalue weighted by molar-refractivity contribution is -0.0235. The molecule has 2 heterocycles. The molecule has 0 unspecified atom stereocenters. The highest BCUT2D eigenvalue weighted by Crippen LogP contribution is 2.34. The predicted molar refractivity (Wildman–Crippen MR) is 97.2 cm³/mol.